The number of hydrogen-bond donors (Lipinski definition) is 2. The number of hydrogen-bond acceptors (Lipinski definition) is 7. The summed E-state index contributed by atoms with van der Waals surface area (Å²) in [4.78, 5) is 12.6. The Bertz CT molecular complexity index is 1710. The van der Waals surface area contributed by atoms with E-state index in [1.54, 1.807) is 43.3 Å². The van der Waals surface area contributed by atoms with Crippen LogP contribution in [0.15, 0.2) is 75.8 Å². The first-order valence-corrected chi connectivity index (χ1v) is 13.3. The Labute approximate surface area is 256 Å². The van der Waals surface area contributed by atoms with Gasteiger partial charge in [0.1, 0.15) is 10.6 Å². The average Bonchev–Trinajstić information content (AvgIpc) is 2.88. The molecule has 13 heteroatoms. The number of fused-ring (bicyclic) bond motifs is 1. The van der Waals surface area contributed by atoms with Crippen LogP contribution < -0.4 is 44.7 Å². The van der Waals surface area contributed by atoms with Gasteiger partial charge in [-0.1, -0.05) is 60.1 Å². The van der Waals surface area contributed by atoms with Crippen molar-refractivity contribution in [3.05, 3.63) is 81.8 Å². The van der Waals surface area contributed by atoms with Gasteiger partial charge in [0.25, 0.3) is 16.0 Å². The normalized spacial score (nSPS) is 11.4. The Hall–Kier alpha value is -2.70. The summed E-state index contributed by atoms with van der Waals surface area (Å²) in [5.41, 5.74) is 0.282. The zero-order valence-electron chi connectivity index (χ0n) is 21.0. The summed E-state index contributed by atoms with van der Waals surface area (Å²) in [6.07, 6.45) is 0.155. The first kappa shape index (κ1) is 30.8. The predicted molar refractivity (Wildman–Crippen MR) is 144 cm³/mol. The molecule has 0 fully saturated rings. The van der Waals surface area contributed by atoms with E-state index in [1.807, 2.05) is 0 Å². The molecule has 4 aromatic carbocycles. The van der Waals surface area contributed by atoms with E-state index in [4.69, 9.17) is 27.9 Å². The third kappa shape index (κ3) is 6.55. The fourth-order valence-electron chi connectivity index (χ4n) is 3.92. The van der Waals surface area contributed by atoms with Crippen molar-refractivity contribution >= 4 is 67.1 Å². The van der Waals surface area contributed by atoms with Crippen molar-refractivity contribution in [2.45, 2.75) is 18.2 Å². The van der Waals surface area contributed by atoms with Gasteiger partial charge >= 0.3 is 29.6 Å². The van der Waals surface area contributed by atoms with E-state index in [0.29, 0.717) is 27.2 Å². The summed E-state index contributed by atoms with van der Waals surface area (Å²) in [5, 5.41) is 25.5. The molecule has 1 amide bonds. The fraction of sp³-hybridized carbons (Fsp3) is 0.115. The monoisotopic (exact) mass is 595 g/mol. The number of nitrogens with one attached hydrogen (secondary N) is 1. The third-order valence-electron chi connectivity index (χ3n) is 5.69. The third-order valence-corrected chi connectivity index (χ3v) is 7.41. The molecule has 0 aliphatic heterocycles. The summed E-state index contributed by atoms with van der Waals surface area (Å²) >= 11 is 12.1. The molecule has 0 aromatic heterocycles. The van der Waals surface area contributed by atoms with Crippen LogP contribution in [-0.2, 0) is 16.5 Å². The summed E-state index contributed by atoms with van der Waals surface area (Å²) in [6, 6.07) is 15.6. The number of carbonyl (C=O) groups excluding carboxylic acids is 1. The van der Waals surface area contributed by atoms with E-state index >= 15 is 0 Å². The van der Waals surface area contributed by atoms with Gasteiger partial charge in [-0.25, -0.2) is 0 Å². The fourth-order valence-corrected chi connectivity index (χ4v) is 5.46. The number of methoxy groups -OCH3 is 1. The molecule has 4 aromatic rings. The molecule has 0 bridgehead atoms. The van der Waals surface area contributed by atoms with Crippen molar-refractivity contribution in [1.29, 1.82) is 0 Å². The van der Waals surface area contributed by atoms with Gasteiger partial charge in [0.15, 0.2) is 0 Å². The van der Waals surface area contributed by atoms with Gasteiger partial charge in [0.05, 0.1) is 28.5 Å². The topological polar surface area (TPSA) is 140 Å². The molecule has 0 spiro atoms. The Kier molecular flexibility index (Phi) is 10.0. The van der Waals surface area contributed by atoms with Crippen molar-refractivity contribution in [2.24, 2.45) is 10.2 Å². The van der Waals surface area contributed by atoms with Crippen molar-refractivity contribution in [3.63, 3.8) is 0 Å². The van der Waals surface area contributed by atoms with Crippen LogP contribution in [0.1, 0.15) is 22.8 Å². The molecular formula is C26H20Cl2N3NaO6S. The van der Waals surface area contributed by atoms with Crippen LogP contribution in [0.3, 0.4) is 0 Å². The quantitative estimate of drug-likeness (QED) is 0.189. The van der Waals surface area contributed by atoms with Gasteiger partial charge in [-0.05, 0) is 42.1 Å². The number of halogens is 2. The Morgan fingerprint density at radius 3 is 2.41 bits per heavy atom. The molecule has 0 aliphatic carbocycles. The number of nitrogens with zero attached hydrogens (tertiary/aromatic N) is 2. The Morgan fingerprint density at radius 2 is 1.74 bits per heavy atom. The summed E-state index contributed by atoms with van der Waals surface area (Å²) < 4.78 is 38.6. The Morgan fingerprint density at radius 1 is 1.05 bits per heavy atom. The van der Waals surface area contributed by atoms with Crippen molar-refractivity contribution in [2.75, 3.05) is 12.4 Å². The number of anilines is 1. The van der Waals surface area contributed by atoms with Crippen molar-refractivity contribution in [3.8, 4) is 11.5 Å². The minimum absolute atomic E-state index is 0. The van der Waals surface area contributed by atoms with Gasteiger partial charge in [-0.15, -0.1) is 0 Å². The van der Waals surface area contributed by atoms with Crippen LogP contribution in [0, 0.1) is 0 Å². The molecule has 2 N–H and O–H groups in total. The summed E-state index contributed by atoms with van der Waals surface area (Å²) in [5.74, 6) is -1.03. The average molecular weight is 596 g/mol. The summed E-state index contributed by atoms with van der Waals surface area (Å²) in [7, 11) is -3.21. The van der Waals surface area contributed by atoms with E-state index in [9.17, 15) is 22.9 Å². The number of benzene rings is 4. The molecule has 0 radical (unpaired) electrons. The molecule has 4 rings (SSSR count). The van der Waals surface area contributed by atoms with Crippen LogP contribution in [-0.4, -0.2) is 26.0 Å². The van der Waals surface area contributed by atoms with Crippen LogP contribution in [0.5, 0.6) is 11.5 Å². The molecule has 0 saturated heterocycles. The molecule has 0 aliphatic rings. The number of azo groups is 1. The maximum atomic E-state index is 13.4. The van der Waals surface area contributed by atoms with E-state index in [2.05, 4.69) is 15.5 Å². The molecule has 0 heterocycles. The second kappa shape index (κ2) is 12.6. The van der Waals surface area contributed by atoms with E-state index in [0.717, 1.165) is 0 Å². The Balaban J connectivity index is 0.00000420. The van der Waals surface area contributed by atoms with Gasteiger partial charge in [-0.2, -0.15) is 18.6 Å². The second-order valence-electron chi connectivity index (χ2n) is 8.03. The van der Waals surface area contributed by atoms with Crippen molar-refractivity contribution < 1.29 is 57.2 Å². The largest absolute Gasteiger partial charge is 1.00 e. The number of rotatable bonds is 7. The minimum atomic E-state index is -4.65. The molecule has 0 atom stereocenters. The van der Waals surface area contributed by atoms with Crippen LogP contribution >= 0.6 is 23.2 Å². The standard InChI is InChI=1S/C26H21Cl2N3O6S.Na/c1-3-16-21(11-10-20(28)25(16)38(34,35)36)30-31-23-17-7-5-4-6-14(17)12-18(24(23)32)26(33)29-15-8-9-19(27)22(13-15)37-2;/h4-13,32H,3H2,1-2H3,(H,29,33)(H,34,35,36);/q;+1/p-1. The smallest absolute Gasteiger partial charge is 0.870 e. The second-order valence-corrected chi connectivity index (χ2v) is 10.2. The van der Waals surface area contributed by atoms with E-state index < -0.39 is 26.7 Å². The van der Waals surface area contributed by atoms with Gasteiger partial charge in [-0.3, -0.25) is 9.35 Å². The molecule has 9 nitrogen and oxygen atoms in total. The maximum absolute atomic E-state index is 13.4. The zero-order valence-corrected chi connectivity index (χ0v) is 25.4. The molecular weight excluding hydrogens is 576 g/mol. The van der Waals surface area contributed by atoms with Gasteiger partial charge < -0.3 is 15.2 Å². The number of ether oxygens (including phenoxy) is 1. The van der Waals surface area contributed by atoms with Crippen molar-refractivity contribution in [1.82, 2.24) is 0 Å². The van der Waals surface area contributed by atoms with E-state index in [-0.39, 0.29) is 63.5 Å². The van der Waals surface area contributed by atoms with Crippen LogP contribution in [0.4, 0.5) is 17.1 Å². The number of carbonyl (C=O) groups is 1. The van der Waals surface area contributed by atoms with Gasteiger partial charge in [0.2, 0.25) is 0 Å². The minimum Gasteiger partial charge on any atom is -0.870 e. The molecule has 0 saturated carbocycles. The molecule has 196 valence electrons. The summed E-state index contributed by atoms with van der Waals surface area (Å²) in [6.45, 7) is 1.66. The van der Waals surface area contributed by atoms with E-state index in [1.165, 1.54) is 31.4 Å². The zero-order chi connectivity index (χ0) is 27.6. The van der Waals surface area contributed by atoms with Crippen LogP contribution in [0.25, 0.3) is 10.8 Å². The SMILES string of the molecule is CCc1c(N=Nc2c([O-])c(C(=O)Nc3ccc(Cl)c(OC)c3)cc3ccccc23)ccc(Cl)c1S(=O)(=O)O.[Na+]. The first-order chi connectivity index (χ1) is 18.0. The van der Waals surface area contributed by atoms with Gasteiger partial charge in [0, 0.05) is 28.3 Å². The predicted octanol–water partition coefficient (Wildman–Crippen LogP) is 3.71. The molecule has 0 unspecified atom stereocenters. The number of amides is 1. The van der Waals surface area contributed by atoms with Crippen LogP contribution in [0.2, 0.25) is 10.0 Å². The maximum Gasteiger partial charge on any atom is 1.00 e. The molecule has 39 heavy (non-hydrogen) atoms. The first-order valence-electron chi connectivity index (χ1n) is 11.1.